The highest BCUT2D eigenvalue weighted by molar-refractivity contribution is 6.30. The van der Waals surface area contributed by atoms with Gasteiger partial charge in [-0.15, -0.1) is 0 Å². The number of halogens is 1. The summed E-state index contributed by atoms with van der Waals surface area (Å²) in [6.45, 7) is 3.88. The summed E-state index contributed by atoms with van der Waals surface area (Å²) in [6.07, 6.45) is 2.43. The number of hydrogen-bond donors (Lipinski definition) is 0. The van der Waals surface area contributed by atoms with Crippen LogP contribution in [0.3, 0.4) is 0 Å². The number of pyridine rings is 2. The van der Waals surface area contributed by atoms with Crippen molar-refractivity contribution in [1.29, 1.82) is 0 Å². The minimum absolute atomic E-state index is 0.393. The zero-order chi connectivity index (χ0) is 20.4. The lowest BCUT2D eigenvalue weighted by molar-refractivity contribution is -0.0248. The Hall–Kier alpha value is -2.26. The van der Waals surface area contributed by atoms with E-state index >= 15 is 0 Å². The van der Waals surface area contributed by atoms with Crippen LogP contribution >= 0.6 is 11.6 Å². The number of aryl methyl sites for hydroxylation is 1. The summed E-state index contributed by atoms with van der Waals surface area (Å²) in [5.74, 6) is 1.27. The van der Waals surface area contributed by atoms with E-state index in [1.165, 1.54) is 0 Å². The van der Waals surface area contributed by atoms with Crippen LogP contribution in [0.15, 0.2) is 24.4 Å². The molecule has 1 aliphatic rings. The molecule has 1 fully saturated rings. The molecular weight excluding hydrogens is 396 g/mol. The van der Waals surface area contributed by atoms with Gasteiger partial charge in [0.15, 0.2) is 5.82 Å². The Morgan fingerprint density at radius 1 is 1.24 bits per heavy atom. The highest BCUT2D eigenvalue weighted by Gasteiger charge is 2.39. The SMILES string of the molecule is COCCOc1cc(-n2nc(C)c3cnc(Cl)cc32)nc([C@@]2(OC)CCOC2)c1. The molecule has 0 saturated carbocycles. The van der Waals surface area contributed by atoms with Crippen molar-refractivity contribution in [1.82, 2.24) is 19.7 Å². The summed E-state index contributed by atoms with van der Waals surface area (Å²) in [4.78, 5) is 9.03. The minimum Gasteiger partial charge on any atom is -0.491 e. The first-order valence-electron chi connectivity index (χ1n) is 9.35. The molecule has 0 radical (unpaired) electrons. The Kier molecular flexibility index (Phi) is 5.69. The Morgan fingerprint density at radius 3 is 2.83 bits per heavy atom. The minimum atomic E-state index is -0.618. The van der Waals surface area contributed by atoms with Crippen LogP contribution in [0.4, 0.5) is 0 Å². The van der Waals surface area contributed by atoms with Gasteiger partial charge in [0.05, 0.1) is 30.1 Å². The first-order valence-corrected chi connectivity index (χ1v) is 9.72. The average Bonchev–Trinajstić information content (AvgIpc) is 3.33. The van der Waals surface area contributed by atoms with Crippen molar-refractivity contribution < 1.29 is 18.9 Å². The molecule has 1 atom stereocenters. The summed E-state index contributed by atoms with van der Waals surface area (Å²) >= 11 is 6.13. The third-order valence-corrected chi connectivity index (χ3v) is 5.32. The number of rotatable bonds is 7. The zero-order valence-corrected chi connectivity index (χ0v) is 17.4. The topological polar surface area (TPSA) is 80.5 Å². The van der Waals surface area contributed by atoms with Crippen molar-refractivity contribution in [3.05, 3.63) is 40.9 Å². The van der Waals surface area contributed by atoms with Crippen LogP contribution in [-0.4, -0.2) is 60.4 Å². The van der Waals surface area contributed by atoms with Gasteiger partial charge in [-0.3, -0.25) is 0 Å². The Morgan fingerprint density at radius 2 is 2.10 bits per heavy atom. The van der Waals surface area contributed by atoms with Crippen LogP contribution < -0.4 is 4.74 Å². The van der Waals surface area contributed by atoms with E-state index in [-0.39, 0.29) is 0 Å². The maximum Gasteiger partial charge on any atom is 0.158 e. The van der Waals surface area contributed by atoms with Crippen molar-refractivity contribution >= 4 is 22.5 Å². The zero-order valence-electron chi connectivity index (χ0n) is 16.6. The molecule has 0 bridgehead atoms. The van der Waals surface area contributed by atoms with E-state index in [9.17, 15) is 0 Å². The molecule has 29 heavy (non-hydrogen) atoms. The van der Waals surface area contributed by atoms with Crippen LogP contribution in [0.2, 0.25) is 5.15 Å². The van der Waals surface area contributed by atoms with Gasteiger partial charge in [0.25, 0.3) is 0 Å². The lowest BCUT2D eigenvalue weighted by Crippen LogP contribution is -2.30. The fourth-order valence-electron chi connectivity index (χ4n) is 3.48. The molecule has 4 heterocycles. The normalized spacial score (nSPS) is 19.2. The Bertz CT molecular complexity index is 1020. The maximum absolute atomic E-state index is 6.13. The van der Waals surface area contributed by atoms with Gasteiger partial charge in [0, 0.05) is 57.0 Å². The van der Waals surface area contributed by atoms with E-state index in [0.29, 0.717) is 49.6 Å². The van der Waals surface area contributed by atoms with Crippen molar-refractivity contribution in [2.45, 2.75) is 18.9 Å². The molecule has 8 nitrogen and oxygen atoms in total. The molecule has 154 valence electrons. The third-order valence-electron chi connectivity index (χ3n) is 5.12. The lowest BCUT2D eigenvalue weighted by atomic mass is 9.97. The predicted molar refractivity (Wildman–Crippen MR) is 108 cm³/mol. The summed E-state index contributed by atoms with van der Waals surface area (Å²) in [7, 11) is 3.31. The van der Waals surface area contributed by atoms with Gasteiger partial charge in [-0.2, -0.15) is 5.10 Å². The molecule has 0 aromatic carbocycles. The van der Waals surface area contributed by atoms with Crippen LogP contribution in [0, 0.1) is 6.92 Å². The monoisotopic (exact) mass is 418 g/mol. The van der Waals surface area contributed by atoms with Crippen LogP contribution in [0.1, 0.15) is 17.8 Å². The quantitative estimate of drug-likeness (QED) is 0.431. The Balaban J connectivity index is 1.85. The molecule has 4 rings (SSSR count). The van der Waals surface area contributed by atoms with E-state index in [0.717, 1.165) is 22.3 Å². The standard InChI is InChI=1S/C20H23ClN4O4/c1-13-15-11-22-18(21)10-16(15)25(24-13)19-9-14(29-7-6-26-2)8-17(23-19)20(27-3)4-5-28-12-20/h8-11H,4-7,12H2,1-3H3/t20-/m1/s1. The number of aromatic nitrogens is 4. The first-order chi connectivity index (χ1) is 14.1. The molecule has 0 unspecified atom stereocenters. The van der Waals surface area contributed by atoms with E-state index in [4.69, 9.17) is 35.5 Å². The molecule has 0 aliphatic carbocycles. The van der Waals surface area contributed by atoms with Gasteiger partial charge in [-0.1, -0.05) is 11.6 Å². The largest absolute Gasteiger partial charge is 0.491 e. The second kappa shape index (κ2) is 8.23. The molecule has 0 spiro atoms. The van der Waals surface area contributed by atoms with Crippen molar-refractivity contribution in [2.24, 2.45) is 0 Å². The number of ether oxygens (including phenoxy) is 4. The molecule has 1 saturated heterocycles. The molecule has 3 aromatic heterocycles. The summed E-state index contributed by atoms with van der Waals surface area (Å²) in [5, 5.41) is 5.96. The summed E-state index contributed by atoms with van der Waals surface area (Å²) in [6, 6.07) is 5.52. The Labute approximate surface area is 173 Å². The number of nitrogens with zero attached hydrogens (tertiary/aromatic N) is 4. The highest BCUT2D eigenvalue weighted by atomic mass is 35.5. The van der Waals surface area contributed by atoms with Gasteiger partial charge in [-0.25, -0.2) is 14.6 Å². The van der Waals surface area contributed by atoms with E-state index in [2.05, 4.69) is 10.1 Å². The van der Waals surface area contributed by atoms with E-state index in [1.54, 1.807) is 31.2 Å². The van der Waals surface area contributed by atoms with E-state index in [1.807, 2.05) is 19.1 Å². The fourth-order valence-corrected chi connectivity index (χ4v) is 3.63. The van der Waals surface area contributed by atoms with Gasteiger partial charge in [0.1, 0.15) is 23.1 Å². The number of hydrogen-bond acceptors (Lipinski definition) is 7. The first kappa shape index (κ1) is 20.0. The third kappa shape index (κ3) is 3.81. The van der Waals surface area contributed by atoms with Gasteiger partial charge >= 0.3 is 0 Å². The smallest absolute Gasteiger partial charge is 0.158 e. The summed E-state index contributed by atoms with van der Waals surface area (Å²) in [5.41, 5.74) is 1.78. The van der Waals surface area contributed by atoms with Crippen molar-refractivity contribution in [2.75, 3.05) is 40.6 Å². The average molecular weight is 419 g/mol. The predicted octanol–water partition coefficient (Wildman–Crippen LogP) is 3.06. The van der Waals surface area contributed by atoms with Crippen LogP contribution in [0.25, 0.3) is 16.7 Å². The molecular formula is C20H23ClN4O4. The summed E-state index contributed by atoms with van der Waals surface area (Å²) < 4.78 is 24.2. The molecule has 0 amide bonds. The highest BCUT2D eigenvalue weighted by Crippen LogP contribution is 2.35. The van der Waals surface area contributed by atoms with Gasteiger partial charge in [0.2, 0.25) is 0 Å². The van der Waals surface area contributed by atoms with Gasteiger partial charge in [-0.05, 0) is 6.92 Å². The second-order valence-electron chi connectivity index (χ2n) is 6.91. The second-order valence-corrected chi connectivity index (χ2v) is 7.30. The fraction of sp³-hybridized carbons (Fsp3) is 0.450. The maximum atomic E-state index is 6.13. The number of methoxy groups -OCH3 is 2. The lowest BCUT2D eigenvalue weighted by Gasteiger charge is -2.26. The van der Waals surface area contributed by atoms with Crippen molar-refractivity contribution in [3.63, 3.8) is 0 Å². The van der Waals surface area contributed by atoms with Crippen LogP contribution in [0.5, 0.6) is 5.75 Å². The van der Waals surface area contributed by atoms with Gasteiger partial charge < -0.3 is 18.9 Å². The molecule has 3 aromatic rings. The number of fused-ring (bicyclic) bond motifs is 1. The van der Waals surface area contributed by atoms with Crippen molar-refractivity contribution in [3.8, 4) is 11.6 Å². The molecule has 9 heteroatoms. The molecule has 1 aliphatic heterocycles. The van der Waals surface area contributed by atoms with E-state index < -0.39 is 5.60 Å². The van der Waals surface area contributed by atoms with Crippen LogP contribution in [-0.2, 0) is 19.8 Å². The molecule has 0 N–H and O–H groups in total.